The van der Waals surface area contributed by atoms with E-state index in [4.69, 9.17) is 11.6 Å². The largest absolute Gasteiger partial charge is 0.434 e. The summed E-state index contributed by atoms with van der Waals surface area (Å²) in [6.45, 7) is 5.04. The lowest BCUT2D eigenvalue weighted by atomic mass is 10.0. The molecule has 5 nitrogen and oxygen atoms in total. The molecule has 0 radical (unpaired) electrons. The molecular formula is C22H17ClF2N4O. The number of fused-ring (bicyclic) bond motifs is 1. The third kappa shape index (κ3) is 3.64. The fourth-order valence-corrected chi connectivity index (χ4v) is 3.56. The minimum Gasteiger partial charge on any atom is -0.434 e. The van der Waals surface area contributed by atoms with Crippen LogP contribution >= 0.6 is 11.6 Å². The molecule has 1 aromatic carbocycles. The molecule has 152 valence electrons. The van der Waals surface area contributed by atoms with Gasteiger partial charge in [-0.25, -0.2) is 15.0 Å². The highest BCUT2D eigenvalue weighted by atomic mass is 35.5. The fourth-order valence-electron chi connectivity index (χ4n) is 3.46. The maximum absolute atomic E-state index is 12.9. The molecule has 0 amide bonds. The second kappa shape index (κ2) is 7.84. The van der Waals surface area contributed by atoms with Crippen molar-refractivity contribution < 1.29 is 13.5 Å². The molecule has 0 N–H and O–H groups in total. The molecule has 0 saturated carbocycles. The molecule has 0 aliphatic heterocycles. The Labute approximate surface area is 176 Å². The summed E-state index contributed by atoms with van der Waals surface area (Å²) in [6.07, 6.45) is 5.20. The zero-order valence-corrected chi connectivity index (χ0v) is 17.0. The first-order valence-corrected chi connectivity index (χ1v) is 9.43. The lowest BCUT2D eigenvalue weighted by molar-refractivity contribution is -0.0500. The first kappa shape index (κ1) is 20.0. The van der Waals surface area contributed by atoms with Crippen LogP contribution in [-0.4, -0.2) is 26.0 Å². The molecule has 0 atom stereocenters. The van der Waals surface area contributed by atoms with Gasteiger partial charge in [-0.1, -0.05) is 24.8 Å². The number of imidazole rings is 1. The summed E-state index contributed by atoms with van der Waals surface area (Å²) in [6, 6.07) is 8.51. The van der Waals surface area contributed by atoms with E-state index < -0.39 is 6.61 Å². The molecule has 0 unspecified atom stereocenters. The minimum atomic E-state index is -2.93. The van der Waals surface area contributed by atoms with E-state index in [1.807, 2.05) is 30.5 Å². The number of rotatable bonds is 5. The van der Waals surface area contributed by atoms with Crippen molar-refractivity contribution >= 4 is 22.8 Å². The number of para-hydroxylation sites is 1. The molecule has 0 aliphatic rings. The van der Waals surface area contributed by atoms with Gasteiger partial charge in [0.15, 0.2) is 0 Å². The van der Waals surface area contributed by atoms with Crippen LogP contribution in [0.15, 0.2) is 55.5 Å². The normalized spacial score (nSPS) is 11.3. The summed E-state index contributed by atoms with van der Waals surface area (Å²) in [7, 11) is 0. The lowest BCUT2D eigenvalue weighted by Gasteiger charge is -2.14. The van der Waals surface area contributed by atoms with Gasteiger partial charge < -0.3 is 4.74 Å². The Morgan fingerprint density at radius 2 is 1.87 bits per heavy atom. The Hall–Kier alpha value is -3.32. The molecule has 3 heterocycles. The van der Waals surface area contributed by atoms with E-state index in [2.05, 4.69) is 26.3 Å². The predicted octanol–water partition coefficient (Wildman–Crippen LogP) is 5.72. The summed E-state index contributed by atoms with van der Waals surface area (Å²) in [5, 5.41) is 0.167. The number of halogens is 3. The van der Waals surface area contributed by atoms with E-state index in [-0.39, 0.29) is 11.0 Å². The molecule has 4 rings (SSSR count). The molecule has 4 aromatic rings. The van der Waals surface area contributed by atoms with Crippen molar-refractivity contribution in [3.05, 3.63) is 83.3 Å². The van der Waals surface area contributed by atoms with Crippen LogP contribution < -0.4 is 4.74 Å². The van der Waals surface area contributed by atoms with Gasteiger partial charge in [0, 0.05) is 40.9 Å². The maximum Gasteiger partial charge on any atom is 0.387 e. The maximum atomic E-state index is 12.9. The second-order valence-corrected chi connectivity index (χ2v) is 7.08. The average molecular weight is 427 g/mol. The van der Waals surface area contributed by atoms with Crippen molar-refractivity contribution in [1.82, 2.24) is 19.4 Å². The van der Waals surface area contributed by atoms with Crippen LogP contribution in [0.1, 0.15) is 22.5 Å². The third-order valence-corrected chi connectivity index (χ3v) is 4.98. The number of hydrogen-bond donors (Lipinski definition) is 0. The number of aryl methyl sites for hydroxylation is 2. The van der Waals surface area contributed by atoms with Crippen LogP contribution in [0.25, 0.3) is 22.3 Å². The highest BCUT2D eigenvalue weighted by molar-refractivity contribution is 6.28. The summed E-state index contributed by atoms with van der Waals surface area (Å²) in [5.74, 6) is 0.0605. The fraction of sp³-hybridized carbons (Fsp3) is 0.136. The molecule has 0 bridgehead atoms. The van der Waals surface area contributed by atoms with Crippen LogP contribution in [0.5, 0.6) is 5.75 Å². The zero-order chi connectivity index (χ0) is 21.4. The Kier molecular flexibility index (Phi) is 5.22. The van der Waals surface area contributed by atoms with Crippen LogP contribution in [0.3, 0.4) is 0 Å². The Morgan fingerprint density at radius 3 is 2.57 bits per heavy atom. The molecule has 0 fully saturated rings. The van der Waals surface area contributed by atoms with Crippen LogP contribution in [-0.2, 0) is 0 Å². The van der Waals surface area contributed by atoms with Crippen molar-refractivity contribution in [2.75, 3.05) is 0 Å². The molecule has 8 heteroatoms. The topological polar surface area (TPSA) is 52.3 Å². The molecule has 30 heavy (non-hydrogen) atoms. The number of pyridine rings is 1. The molecule has 0 saturated heterocycles. The van der Waals surface area contributed by atoms with Gasteiger partial charge in [-0.15, -0.1) is 0 Å². The number of hydrogen-bond acceptors (Lipinski definition) is 4. The van der Waals surface area contributed by atoms with E-state index in [1.54, 1.807) is 30.6 Å². The number of alkyl halides is 2. The van der Waals surface area contributed by atoms with Crippen molar-refractivity contribution in [2.45, 2.75) is 20.5 Å². The van der Waals surface area contributed by atoms with E-state index in [1.165, 1.54) is 6.07 Å². The Balaban J connectivity index is 1.88. The highest BCUT2D eigenvalue weighted by Gasteiger charge is 2.19. The average Bonchev–Trinajstić information content (AvgIpc) is 3.02. The summed E-state index contributed by atoms with van der Waals surface area (Å²) >= 11 is 5.81. The van der Waals surface area contributed by atoms with Gasteiger partial charge in [0.2, 0.25) is 5.28 Å². The lowest BCUT2D eigenvalue weighted by Crippen LogP contribution is -2.05. The van der Waals surface area contributed by atoms with Crippen LogP contribution in [0.4, 0.5) is 8.78 Å². The highest BCUT2D eigenvalue weighted by Crippen LogP contribution is 2.34. The monoisotopic (exact) mass is 426 g/mol. The van der Waals surface area contributed by atoms with Gasteiger partial charge >= 0.3 is 6.61 Å². The zero-order valence-electron chi connectivity index (χ0n) is 16.2. The number of benzene rings is 1. The van der Waals surface area contributed by atoms with Crippen LogP contribution in [0.2, 0.25) is 5.28 Å². The second-order valence-electron chi connectivity index (χ2n) is 6.74. The number of nitrogens with zero attached hydrogens (tertiary/aromatic N) is 4. The van der Waals surface area contributed by atoms with E-state index in [9.17, 15) is 8.78 Å². The van der Waals surface area contributed by atoms with Gasteiger partial charge in [-0.05, 0) is 43.1 Å². The minimum absolute atomic E-state index is 0.0605. The Morgan fingerprint density at radius 1 is 1.17 bits per heavy atom. The molecule has 3 aromatic heterocycles. The molecule has 0 aliphatic carbocycles. The first-order chi connectivity index (χ1) is 14.3. The van der Waals surface area contributed by atoms with Gasteiger partial charge in [0.25, 0.3) is 0 Å². The summed E-state index contributed by atoms with van der Waals surface area (Å²) < 4.78 is 32.3. The Bertz CT molecular complexity index is 1250. The predicted molar refractivity (Wildman–Crippen MR) is 112 cm³/mol. The molecular weight excluding hydrogens is 410 g/mol. The van der Waals surface area contributed by atoms with Crippen LogP contribution in [0, 0.1) is 13.8 Å². The van der Waals surface area contributed by atoms with Gasteiger partial charge in [-0.2, -0.15) is 8.78 Å². The SMILES string of the molecule is C=C(c1ccccc1OC(F)F)c1c(C)nc2cc(C)c(-c3cnc(Cl)nc3)cn12. The summed E-state index contributed by atoms with van der Waals surface area (Å²) in [4.78, 5) is 12.7. The van der Waals surface area contributed by atoms with E-state index >= 15 is 0 Å². The third-order valence-electron chi connectivity index (χ3n) is 4.79. The van der Waals surface area contributed by atoms with E-state index in [0.29, 0.717) is 22.5 Å². The smallest absolute Gasteiger partial charge is 0.387 e. The standard InChI is InChI=1S/C22H17ClF2N4O/c1-12-8-19-28-14(3)20(13(2)16-6-4-5-7-18(16)30-22(24)25)29(19)11-17(12)15-9-26-21(23)27-10-15/h4-11,22H,2H2,1,3H3. The van der Waals surface area contributed by atoms with Gasteiger partial charge in [0.05, 0.1) is 11.4 Å². The quantitative estimate of drug-likeness (QED) is 0.383. The van der Waals surface area contributed by atoms with Crippen molar-refractivity contribution in [1.29, 1.82) is 0 Å². The first-order valence-electron chi connectivity index (χ1n) is 9.06. The van der Waals surface area contributed by atoms with Gasteiger partial charge in [0.1, 0.15) is 11.4 Å². The summed E-state index contributed by atoms with van der Waals surface area (Å²) in [5.41, 5.74) is 5.80. The van der Waals surface area contributed by atoms with Gasteiger partial charge in [-0.3, -0.25) is 4.40 Å². The number of aromatic nitrogens is 4. The molecule has 0 spiro atoms. The van der Waals surface area contributed by atoms with Crippen molar-refractivity contribution in [3.63, 3.8) is 0 Å². The van der Waals surface area contributed by atoms with Crippen molar-refractivity contribution in [2.24, 2.45) is 0 Å². The number of ether oxygens (including phenoxy) is 1. The van der Waals surface area contributed by atoms with E-state index in [0.717, 1.165) is 22.4 Å². The van der Waals surface area contributed by atoms with Crippen molar-refractivity contribution in [3.8, 4) is 16.9 Å².